The summed E-state index contributed by atoms with van der Waals surface area (Å²) in [5.74, 6) is -0.519. The molecule has 0 unspecified atom stereocenters. The molecule has 3 rings (SSSR count). The first kappa shape index (κ1) is 17.6. The number of rotatable bonds is 4. The molecule has 0 aromatic heterocycles. The maximum absolute atomic E-state index is 13.3. The van der Waals surface area contributed by atoms with Gasteiger partial charge in [0.25, 0.3) is 5.69 Å². The minimum atomic E-state index is -0.525. The molecule has 0 spiro atoms. The molecule has 1 N–H and O–H groups in total. The number of aryl methyl sites for hydroxylation is 1. The number of hydrogen-bond acceptors (Lipinski definition) is 5. The van der Waals surface area contributed by atoms with Gasteiger partial charge in [-0.3, -0.25) is 14.9 Å². The third-order valence-electron chi connectivity index (χ3n) is 3.81. The predicted molar refractivity (Wildman–Crippen MR) is 92.2 cm³/mol. The van der Waals surface area contributed by atoms with E-state index in [-0.39, 0.29) is 19.1 Å². The highest BCUT2D eigenvalue weighted by atomic mass is 19.1. The van der Waals surface area contributed by atoms with Crippen LogP contribution in [-0.2, 0) is 16.1 Å². The highest BCUT2D eigenvalue weighted by Gasteiger charge is 2.19. The number of benzene rings is 2. The monoisotopic (exact) mass is 358 g/mol. The quantitative estimate of drug-likeness (QED) is 0.513. The van der Waals surface area contributed by atoms with Gasteiger partial charge in [-0.05, 0) is 30.7 Å². The van der Waals surface area contributed by atoms with Crippen molar-refractivity contribution in [1.29, 1.82) is 0 Å². The fraction of sp³-hybridized carbons (Fsp3) is 0.167. The lowest BCUT2D eigenvalue weighted by atomic mass is 10.1. The van der Waals surface area contributed by atoms with Crippen LogP contribution in [0.3, 0.4) is 0 Å². The van der Waals surface area contributed by atoms with Crippen molar-refractivity contribution in [1.82, 2.24) is 0 Å². The van der Waals surface area contributed by atoms with Gasteiger partial charge in [0.15, 0.2) is 6.79 Å². The molecule has 2 aromatic rings. The highest BCUT2D eigenvalue weighted by molar-refractivity contribution is 6.02. The van der Waals surface area contributed by atoms with E-state index in [0.29, 0.717) is 28.1 Å². The summed E-state index contributed by atoms with van der Waals surface area (Å²) in [4.78, 5) is 22.7. The fourth-order valence-electron chi connectivity index (χ4n) is 2.53. The van der Waals surface area contributed by atoms with Crippen LogP contribution in [0.15, 0.2) is 36.4 Å². The summed E-state index contributed by atoms with van der Waals surface area (Å²) in [5, 5.41) is 13.6. The molecule has 1 heterocycles. The molecular formula is C18H15FN2O5. The lowest BCUT2D eigenvalue weighted by Crippen LogP contribution is -2.13. The zero-order chi connectivity index (χ0) is 18.7. The summed E-state index contributed by atoms with van der Waals surface area (Å²) in [7, 11) is 0. The number of nitro groups is 1. The zero-order valence-corrected chi connectivity index (χ0v) is 13.8. The maximum atomic E-state index is 13.3. The minimum absolute atomic E-state index is 0.0281. The number of nitrogens with one attached hydrogen (secondary N) is 1. The molecule has 2 aromatic carbocycles. The van der Waals surface area contributed by atoms with Crippen molar-refractivity contribution in [3.63, 3.8) is 0 Å². The Hall–Kier alpha value is -3.26. The Kier molecular flexibility index (Phi) is 4.94. The summed E-state index contributed by atoms with van der Waals surface area (Å²) < 4.78 is 23.8. The van der Waals surface area contributed by atoms with Gasteiger partial charge >= 0.3 is 0 Å². The third-order valence-corrected chi connectivity index (χ3v) is 3.81. The van der Waals surface area contributed by atoms with Crippen molar-refractivity contribution in [3.05, 3.63) is 69.0 Å². The van der Waals surface area contributed by atoms with Crippen molar-refractivity contribution in [2.75, 3.05) is 12.1 Å². The number of halogens is 1. The number of fused-ring (bicyclic) bond motifs is 1. The van der Waals surface area contributed by atoms with Crippen LogP contribution >= 0.6 is 0 Å². The molecule has 1 amide bonds. The van der Waals surface area contributed by atoms with Crippen molar-refractivity contribution >= 4 is 23.4 Å². The highest BCUT2D eigenvalue weighted by Crippen LogP contribution is 2.33. The lowest BCUT2D eigenvalue weighted by Gasteiger charge is -2.19. The number of carbonyl (C=O) groups is 1. The van der Waals surface area contributed by atoms with E-state index >= 15 is 0 Å². The number of non-ortho nitro benzene ring substituents is 1. The molecular weight excluding hydrogens is 343 g/mol. The van der Waals surface area contributed by atoms with Crippen LogP contribution in [0, 0.1) is 22.9 Å². The topological polar surface area (TPSA) is 90.7 Å². The number of ether oxygens (including phenoxy) is 2. The van der Waals surface area contributed by atoms with E-state index in [1.54, 1.807) is 13.0 Å². The standard InChI is InChI=1S/C18H15FN2O5/c1-11-2-4-14(19)8-16(11)20-17(22)5-3-12-6-15(21(23)24)7-13-9-25-10-26-18(12)13/h2-8H,9-10H2,1H3,(H,20,22)/b5-3+. The Bertz CT molecular complexity index is 911. The van der Waals surface area contributed by atoms with Gasteiger partial charge in [-0.15, -0.1) is 0 Å². The van der Waals surface area contributed by atoms with Gasteiger partial charge in [0, 0.05) is 35.0 Å². The first-order valence-electron chi connectivity index (χ1n) is 7.71. The van der Waals surface area contributed by atoms with E-state index in [4.69, 9.17) is 9.47 Å². The van der Waals surface area contributed by atoms with Gasteiger partial charge in [0.2, 0.25) is 5.91 Å². The van der Waals surface area contributed by atoms with Crippen LogP contribution in [0.4, 0.5) is 15.8 Å². The number of nitro benzene ring substituents is 1. The Morgan fingerprint density at radius 2 is 2.15 bits per heavy atom. The van der Waals surface area contributed by atoms with E-state index in [1.807, 2.05) is 0 Å². The van der Waals surface area contributed by atoms with Gasteiger partial charge < -0.3 is 14.8 Å². The number of nitrogens with zero attached hydrogens (tertiary/aromatic N) is 1. The van der Waals surface area contributed by atoms with Crippen LogP contribution in [-0.4, -0.2) is 17.6 Å². The smallest absolute Gasteiger partial charge is 0.270 e. The van der Waals surface area contributed by atoms with Crippen LogP contribution in [0.25, 0.3) is 6.08 Å². The van der Waals surface area contributed by atoms with Gasteiger partial charge in [0.1, 0.15) is 11.6 Å². The molecule has 0 bridgehead atoms. The molecule has 0 radical (unpaired) electrons. The van der Waals surface area contributed by atoms with E-state index in [1.165, 1.54) is 36.4 Å². The van der Waals surface area contributed by atoms with Gasteiger partial charge in [-0.2, -0.15) is 0 Å². The number of carbonyl (C=O) groups excluding carboxylic acids is 1. The van der Waals surface area contributed by atoms with Gasteiger partial charge in [-0.25, -0.2) is 4.39 Å². The second-order valence-corrected chi connectivity index (χ2v) is 5.67. The van der Waals surface area contributed by atoms with E-state index in [2.05, 4.69) is 5.32 Å². The Balaban J connectivity index is 1.85. The van der Waals surface area contributed by atoms with Gasteiger partial charge in [-0.1, -0.05) is 6.07 Å². The Morgan fingerprint density at radius 1 is 1.35 bits per heavy atom. The van der Waals surface area contributed by atoms with E-state index < -0.39 is 16.6 Å². The second kappa shape index (κ2) is 7.32. The summed E-state index contributed by atoms with van der Waals surface area (Å²) in [6.45, 7) is 1.95. The summed E-state index contributed by atoms with van der Waals surface area (Å²) in [6.07, 6.45) is 2.63. The predicted octanol–water partition coefficient (Wildman–Crippen LogP) is 3.56. The average molecular weight is 358 g/mol. The Labute approximate surface area is 148 Å². The molecule has 0 saturated heterocycles. The molecule has 7 nitrogen and oxygen atoms in total. The van der Waals surface area contributed by atoms with Crippen molar-refractivity contribution in [2.45, 2.75) is 13.5 Å². The second-order valence-electron chi connectivity index (χ2n) is 5.67. The summed E-state index contributed by atoms with van der Waals surface area (Å²) in [6, 6.07) is 6.77. The molecule has 134 valence electrons. The van der Waals surface area contributed by atoms with Crippen LogP contribution < -0.4 is 10.1 Å². The molecule has 0 aliphatic carbocycles. The third kappa shape index (κ3) is 3.86. The molecule has 1 aliphatic heterocycles. The fourth-order valence-corrected chi connectivity index (χ4v) is 2.53. The largest absolute Gasteiger partial charge is 0.467 e. The maximum Gasteiger partial charge on any atom is 0.270 e. The number of amides is 1. The van der Waals surface area contributed by atoms with Crippen molar-refractivity contribution in [2.24, 2.45) is 0 Å². The lowest BCUT2D eigenvalue weighted by molar-refractivity contribution is -0.385. The zero-order valence-electron chi connectivity index (χ0n) is 13.8. The van der Waals surface area contributed by atoms with Crippen LogP contribution in [0.2, 0.25) is 0 Å². The number of anilines is 1. The SMILES string of the molecule is Cc1ccc(F)cc1NC(=O)/C=C/c1cc([N+](=O)[O-])cc2c1OCOC2. The number of hydrogen-bond donors (Lipinski definition) is 1. The normalized spacial score (nSPS) is 13.2. The van der Waals surface area contributed by atoms with Gasteiger partial charge in [0.05, 0.1) is 11.5 Å². The molecule has 0 fully saturated rings. The molecule has 0 saturated carbocycles. The molecule has 1 aliphatic rings. The Morgan fingerprint density at radius 3 is 2.92 bits per heavy atom. The van der Waals surface area contributed by atoms with Crippen LogP contribution in [0.1, 0.15) is 16.7 Å². The van der Waals surface area contributed by atoms with Crippen molar-refractivity contribution < 1.29 is 23.6 Å². The summed E-state index contributed by atoms with van der Waals surface area (Å²) in [5.41, 5.74) is 1.86. The molecule has 0 atom stereocenters. The van der Waals surface area contributed by atoms with E-state index in [0.717, 1.165) is 0 Å². The summed E-state index contributed by atoms with van der Waals surface area (Å²) >= 11 is 0. The first-order valence-corrected chi connectivity index (χ1v) is 7.71. The first-order chi connectivity index (χ1) is 12.4. The van der Waals surface area contributed by atoms with Crippen LogP contribution in [0.5, 0.6) is 5.75 Å². The minimum Gasteiger partial charge on any atom is -0.467 e. The van der Waals surface area contributed by atoms with E-state index in [9.17, 15) is 19.3 Å². The molecule has 26 heavy (non-hydrogen) atoms. The molecule has 8 heteroatoms. The average Bonchev–Trinajstić information content (AvgIpc) is 2.62. The van der Waals surface area contributed by atoms with Crippen molar-refractivity contribution in [3.8, 4) is 5.75 Å².